The molecule has 1 saturated heterocycles. The number of esters is 1. The molecule has 0 radical (unpaired) electrons. The minimum atomic E-state index is -1.09. The van der Waals surface area contributed by atoms with Crippen LogP contribution in [0.25, 0.3) is 10.1 Å². The van der Waals surface area contributed by atoms with Gasteiger partial charge in [-0.2, -0.15) is 0 Å². The average Bonchev–Trinajstić information content (AvgIpc) is 1.69. The lowest BCUT2D eigenvalue weighted by Gasteiger charge is -2.49. The molecule has 2 atom stereocenters. The molecule has 5 aromatic carbocycles. The summed E-state index contributed by atoms with van der Waals surface area (Å²) >= 11 is 5.01. The van der Waals surface area contributed by atoms with Gasteiger partial charge in [0.25, 0.3) is 11.8 Å². The lowest BCUT2D eigenvalue weighted by molar-refractivity contribution is -0.153. The Kier molecular flexibility index (Phi) is 17.8. The summed E-state index contributed by atoms with van der Waals surface area (Å²) in [6, 6.07) is 39.9. The summed E-state index contributed by atoms with van der Waals surface area (Å²) in [7, 11) is 2.85. The molecule has 1 fully saturated rings. The standard InChI is InChI=1S/C60H57N5O13S4/c1-58(2,3)77-56(70)75-44-28-41-43(66)29-47(82-46(41)30-45(44)76-57(71)78-59(4,5)6)79-32-36-33-80-53-49(52(68)65(53)50(36)54(69)74-31-35-24-26-40(72-7)27-25-35)62-51(67)48(64-73-8)42-34-81-55(61-42)63-60(37-18-12-9-13-19-37,38-20-14-10-15-21-38)39-22-16-11-17-23-39/h9-30,34,49,53H,31-33H2,1-8H3,(H,61,63)(H,62,67)/b64-48-/t49?,53-/m0/s1. The molecule has 7 aromatic rings. The summed E-state index contributed by atoms with van der Waals surface area (Å²) < 4.78 is 33.7. The van der Waals surface area contributed by atoms with Gasteiger partial charge >= 0.3 is 18.3 Å². The summed E-state index contributed by atoms with van der Waals surface area (Å²) in [6.07, 6.45) is -2.17. The number of amides is 2. The van der Waals surface area contributed by atoms with Crippen LogP contribution in [0.4, 0.5) is 14.7 Å². The molecule has 2 amide bonds. The number of nitrogens with zero attached hydrogens (tertiary/aromatic N) is 3. The van der Waals surface area contributed by atoms with E-state index in [1.54, 1.807) is 78.3 Å². The highest BCUT2D eigenvalue weighted by molar-refractivity contribution is 8.02. The van der Waals surface area contributed by atoms with Crippen LogP contribution in [0, 0.1) is 0 Å². The summed E-state index contributed by atoms with van der Waals surface area (Å²) in [5.74, 6) is -1.56. The predicted molar refractivity (Wildman–Crippen MR) is 316 cm³/mol. The molecule has 4 heterocycles. The van der Waals surface area contributed by atoms with E-state index in [1.807, 2.05) is 91.0 Å². The summed E-state index contributed by atoms with van der Waals surface area (Å²) in [6.45, 7) is 9.80. The molecule has 0 aliphatic carbocycles. The van der Waals surface area contributed by atoms with Gasteiger partial charge in [-0.05, 0) is 87.6 Å². The SMILES string of the molecule is CO/N=C(\C(=O)NC1C(=O)N2C(C(=O)OCc3ccc(OC)cc3)=C(CSc3cc(=O)c4cc(OC(=O)OC(C)(C)C)c(OC(=O)OC(C)(C)C)cc4s3)CS[C@@H]12)c1csc(NC(c2ccccc2)(c2ccccc2)c2ccccc2)n1. The van der Waals surface area contributed by atoms with E-state index in [2.05, 4.69) is 15.8 Å². The molecular formula is C60H57N5O13S4. The zero-order chi connectivity index (χ0) is 58.3. The number of aromatic nitrogens is 1. The predicted octanol–water partition coefficient (Wildman–Crippen LogP) is 11.3. The highest BCUT2D eigenvalue weighted by Crippen LogP contribution is 2.44. The fourth-order valence-corrected chi connectivity index (χ4v) is 13.3. The number of thiazole rings is 1. The van der Waals surface area contributed by atoms with Crippen molar-refractivity contribution in [2.24, 2.45) is 5.16 Å². The Balaban J connectivity index is 0.974. The molecule has 82 heavy (non-hydrogen) atoms. The number of anilines is 1. The van der Waals surface area contributed by atoms with Crippen molar-refractivity contribution in [2.45, 2.75) is 80.5 Å². The lowest BCUT2D eigenvalue weighted by Crippen LogP contribution is -2.71. The van der Waals surface area contributed by atoms with Crippen molar-refractivity contribution in [1.29, 1.82) is 0 Å². The van der Waals surface area contributed by atoms with E-state index in [4.69, 9.17) is 38.2 Å². The van der Waals surface area contributed by atoms with Crippen molar-refractivity contribution in [2.75, 3.05) is 31.0 Å². The molecule has 2 aliphatic rings. The molecule has 18 nitrogen and oxygen atoms in total. The fourth-order valence-electron chi connectivity index (χ4n) is 8.86. The van der Waals surface area contributed by atoms with Crippen LogP contribution in [-0.2, 0) is 45.6 Å². The minimum Gasteiger partial charge on any atom is -0.497 e. The van der Waals surface area contributed by atoms with Crippen molar-refractivity contribution in [3.8, 4) is 17.2 Å². The minimum absolute atomic E-state index is 0.00473. The zero-order valence-corrected chi connectivity index (χ0v) is 49.1. The first-order valence-corrected chi connectivity index (χ1v) is 29.3. The second-order valence-electron chi connectivity index (χ2n) is 20.5. The van der Waals surface area contributed by atoms with Gasteiger partial charge in [-0.15, -0.1) is 46.2 Å². The Labute approximate surface area is 489 Å². The number of nitrogens with one attached hydrogen (secondary N) is 2. The number of thioether (sulfide) groups is 2. The second-order valence-corrected chi connectivity index (χ2v) is 24.8. The number of benzene rings is 5. The van der Waals surface area contributed by atoms with Gasteiger partial charge in [-0.1, -0.05) is 108 Å². The van der Waals surface area contributed by atoms with E-state index in [-0.39, 0.29) is 52.1 Å². The Morgan fingerprint density at radius 2 is 1.33 bits per heavy atom. The van der Waals surface area contributed by atoms with Crippen molar-refractivity contribution in [3.05, 3.63) is 188 Å². The van der Waals surface area contributed by atoms with Gasteiger partial charge in [0, 0.05) is 39.1 Å². The van der Waals surface area contributed by atoms with Crippen molar-refractivity contribution < 1.29 is 57.2 Å². The van der Waals surface area contributed by atoms with Gasteiger partial charge < -0.3 is 43.9 Å². The van der Waals surface area contributed by atoms with Crippen molar-refractivity contribution >= 4 is 97.2 Å². The smallest absolute Gasteiger partial charge is 0.497 e. The number of methoxy groups -OCH3 is 1. The monoisotopic (exact) mass is 1180 g/mol. The highest BCUT2D eigenvalue weighted by atomic mass is 32.2. The van der Waals surface area contributed by atoms with Gasteiger partial charge in [0.05, 0.1) is 11.3 Å². The number of fused-ring (bicyclic) bond motifs is 2. The van der Waals surface area contributed by atoms with Crippen LogP contribution in [0.5, 0.6) is 17.2 Å². The Morgan fingerprint density at radius 3 is 1.88 bits per heavy atom. The zero-order valence-electron chi connectivity index (χ0n) is 45.8. The van der Waals surface area contributed by atoms with Gasteiger partial charge in [-0.25, -0.2) is 19.4 Å². The number of β-lactam (4-membered cyclic amide) rings is 1. The van der Waals surface area contributed by atoms with Crippen molar-refractivity contribution in [1.82, 2.24) is 15.2 Å². The molecule has 0 bridgehead atoms. The largest absolute Gasteiger partial charge is 0.514 e. The van der Waals surface area contributed by atoms with Gasteiger partial charge in [0.1, 0.15) is 59.0 Å². The second kappa shape index (κ2) is 24.9. The van der Waals surface area contributed by atoms with Crippen LogP contribution in [-0.4, -0.2) is 94.0 Å². The lowest BCUT2D eigenvalue weighted by atomic mass is 9.77. The summed E-state index contributed by atoms with van der Waals surface area (Å²) in [5.41, 5.74) is 0.851. The third-order valence-electron chi connectivity index (χ3n) is 12.4. The molecule has 2 aromatic heterocycles. The normalized spacial score (nSPS) is 15.4. The first-order chi connectivity index (χ1) is 39.2. The molecule has 2 aliphatic heterocycles. The highest BCUT2D eigenvalue weighted by Gasteiger charge is 2.55. The van der Waals surface area contributed by atoms with E-state index in [1.165, 1.54) is 76.4 Å². The molecule has 2 N–H and O–H groups in total. The molecule has 22 heteroatoms. The maximum Gasteiger partial charge on any atom is 0.514 e. The molecule has 424 valence electrons. The summed E-state index contributed by atoms with van der Waals surface area (Å²) in [4.78, 5) is 94.1. The Hall–Kier alpha value is -8.18. The van der Waals surface area contributed by atoms with E-state index in [0.717, 1.165) is 16.7 Å². The van der Waals surface area contributed by atoms with Gasteiger partial charge in [0.2, 0.25) is 0 Å². The third-order valence-corrected chi connectivity index (χ3v) is 16.9. The number of carbonyl (C=O) groups excluding carboxylic acids is 5. The Morgan fingerprint density at radius 1 is 0.756 bits per heavy atom. The van der Waals surface area contributed by atoms with Crippen LogP contribution < -0.4 is 30.3 Å². The molecule has 1 unspecified atom stereocenters. The van der Waals surface area contributed by atoms with Crippen LogP contribution >= 0.6 is 46.2 Å². The number of hydrogen-bond acceptors (Lipinski definition) is 20. The van der Waals surface area contributed by atoms with E-state index in [0.29, 0.717) is 30.9 Å². The van der Waals surface area contributed by atoms with Gasteiger partial charge in [-0.3, -0.25) is 19.3 Å². The maximum absolute atomic E-state index is 14.4. The molecular weight excluding hydrogens is 1130 g/mol. The number of hydrogen-bond donors (Lipinski definition) is 2. The Bertz CT molecular complexity index is 3540. The number of ether oxygens (including phenoxy) is 6. The first kappa shape index (κ1) is 58.5. The van der Waals surface area contributed by atoms with E-state index >= 15 is 0 Å². The van der Waals surface area contributed by atoms with E-state index < -0.39 is 63.7 Å². The first-order valence-electron chi connectivity index (χ1n) is 25.6. The molecule has 0 saturated carbocycles. The number of oxime groups is 1. The molecule has 0 spiro atoms. The van der Waals surface area contributed by atoms with Crippen LogP contribution in [0.1, 0.15) is 69.5 Å². The van der Waals surface area contributed by atoms with Crippen LogP contribution in [0.2, 0.25) is 0 Å². The number of rotatable bonds is 18. The van der Waals surface area contributed by atoms with Crippen molar-refractivity contribution in [3.63, 3.8) is 0 Å². The third kappa shape index (κ3) is 13.4. The average molecular weight is 1180 g/mol. The van der Waals surface area contributed by atoms with Crippen LogP contribution in [0.3, 0.4) is 0 Å². The van der Waals surface area contributed by atoms with E-state index in [9.17, 15) is 28.8 Å². The van der Waals surface area contributed by atoms with Crippen LogP contribution in [0.15, 0.2) is 164 Å². The molecule has 9 rings (SSSR count). The van der Waals surface area contributed by atoms with Gasteiger partial charge in [0.15, 0.2) is 27.8 Å². The topological polar surface area (TPSA) is 220 Å². The fraction of sp³-hybridized carbons (Fsp3) is 0.267. The quantitative estimate of drug-likeness (QED) is 0.0119. The summed E-state index contributed by atoms with van der Waals surface area (Å²) in [5, 5.41) is 12.2. The number of carbonyl (C=O) groups is 5. The maximum atomic E-state index is 14.4.